The van der Waals surface area contributed by atoms with Crippen LogP contribution in [0, 0.1) is 25.7 Å². The number of epoxide rings is 1. The highest BCUT2D eigenvalue weighted by Gasteiger charge is 2.64. The minimum Gasteiger partial charge on any atom is -0.459 e. The Kier molecular flexibility index (Phi) is 10.4. The van der Waals surface area contributed by atoms with Gasteiger partial charge in [-0.2, -0.15) is 0 Å². The molecule has 3 heterocycles. The molecular weight excluding hydrogens is 632 g/mol. The number of nitrogens with one attached hydrogen (secondary N) is 1. The van der Waals surface area contributed by atoms with Gasteiger partial charge in [-0.05, 0) is 63.3 Å². The summed E-state index contributed by atoms with van der Waals surface area (Å²) >= 11 is 6.76. The van der Waals surface area contributed by atoms with Crippen LogP contribution in [0.2, 0.25) is 5.02 Å². The van der Waals surface area contributed by atoms with Gasteiger partial charge in [0.15, 0.2) is 0 Å². The summed E-state index contributed by atoms with van der Waals surface area (Å²) in [6, 6.07) is 11.9. The van der Waals surface area contributed by atoms with Crippen LogP contribution in [0.1, 0.15) is 69.2 Å². The van der Waals surface area contributed by atoms with E-state index in [0.717, 1.165) is 27.8 Å². The van der Waals surface area contributed by atoms with E-state index in [2.05, 4.69) is 5.32 Å². The van der Waals surface area contributed by atoms with Crippen LogP contribution in [0.3, 0.4) is 0 Å². The second-order valence-electron chi connectivity index (χ2n) is 14.0. The Hall–Kier alpha value is -3.66. The Morgan fingerprint density at radius 3 is 2.56 bits per heavy atom. The number of alkyl carbamates (subject to hydrolysis) is 1. The van der Waals surface area contributed by atoms with Gasteiger partial charge in [-0.25, -0.2) is 4.79 Å². The van der Waals surface area contributed by atoms with Crippen LogP contribution in [-0.2, 0) is 36.6 Å². The molecule has 0 radical (unpaired) electrons. The average molecular weight is 679 g/mol. The van der Waals surface area contributed by atoms with Crippen molar-refractivity contribution in [3.05, 3.63) is 87.5 Å². The van der Waals surface area contributed by atoms with Gasteiger partial charge in [0.2, 0.25) is 5.91 Å². The highest BCUT2D eigenvalue weighted by atomic mass is 35.5. The van der Waals surface area contributed by atoms with Crippen LogP contribution in [0.5, 0.6) is 0 Å². The maximum absolute atomic E-state index is 14.0. The van der Waals surface area contributed by atoms with E-state index in [1.54, 1.807) is 7.05 Å². The zero-order valence-electron chi connectivity index (χ0n) is 28.8. The molecule has 2 saturated heterocycles. The highest BCUT2D eigenvalue weighted by molar-refractivity contribution is 6.34. The first-order valence-electron chi connectivity index (χ1n) is 16.6. The van der Waals surface area contributed by atoms with Gasteiger partial charge in [-0.15, -0.1) is 0 Å². The van der Waals surface area contributed by atoms with Crippen molar-refractivity contribution in [3.8, 4) is 0 Å². The topological polar surface area (TPSA) is 118 Å². The number of fused-ring (bicyclic) bond motifs is 5. The summed E-state index contributed by atoms with van der Waals surface area (Å²) in [7, 11) is 1.67. The molecule has 2 amide bonds. The van der Waals surface area contributed by atoms with Gasteiger partial charge < -0.3 is 24.2 Å². The lowest BCUT2D eigenvalue weighted by Crippen LogP contribution is -2.60. The van der Waals surface area contributed by atoms with E-state index in [4.69, 9.17) is 25.8 Å². The lowest BCUT2D eigenvalue weighted by Gasteiger charge is -2.41. The summed E-state index contributed by atoms with van der Waals surface area (Å²) in [4.78, 5) is 41.5. The SMILES string of the molecule is C/C1=C\C=C\[C@@H](C)[C@@]2(O)C[C@H](OC(=O)N2)[C@@H](C)[C@@H]2O[C@@]2(C)[C@@H](OC(=O)CCc2ccc(C)cc2)CC(=O)N(C)c2cc(cc(C)c2Cl)C1. The molecule has 3 aliphatic heterocycles. The number of carbonyl (C=O) groups is 3. The number of rotatable bonds is 4. The number of esters is 1. The zero-order valence-corrected chi connectivity index (χ0v) is 29.6. The van der Waals surface area contributed by atoms with E-state index < -0.39 is 47.6 Å². The minimum absolute atomic E-state index is 0.121. The van der Waals surface area contributed by atoms with Crippen molar-refractivity contribution >= 4 is 35.3 Å². The number of benzene rings is 2. The third-order valence-corrected chi connectivity index (χ3v) is 10.6. The van der Waals surface area contributed by atoms with Gasteiger partial charge in [0.1, 0.15) is 23.5 Å². The van der Waals surface area contributed by atoms with Crippen LogP contribution < -0.4 is 10.2 Å². The van der Waals surface area contributed by atoms with Crippen molar-refractivity contribution in [1.29, 1.82) is 0 Å². The average Bonchev–Trinajstić information content (AvgIpc) is 3.72. The van der Waals surface area contributed by atoms with Gasteiger partial charge in [-0.1, -0.05) is 85.1 Å². The molecule has 2 aromatic carbocycles. The quantitative estimate of drug-likeness (QED) is 0.279. The molecule has 0 unspecified atom stereocenters. The molecule has 0 aliphatic carbocycles. The van der Waals surface area contributed by atoms with Crippen LogP contribution in [0.15, 0.2) is 60.2 Å². The van der Waals surface area contributed by atoms with Crippen LogP contribution in [-0.4, -0.2) is 59.8 Å². The Morgan fingerprint density at radius 2 is 1.85 bits per heavy atom. The molecule has 0 saturated carbocycles. The standard InChI is InChI=1S/C38H47ClN2O7/c1-22-11-13-27(14-12-22)15-16-33(43)47-31-20-32(42)41(7)29-19-28(18-24(3)34(29)39)17-23(2)9-8-10-25(4)38(45)21-30(46-36(44)40-38)26(5)35-37(31,6)48-35/h8-14,18-19,25-26,30-31,35,45H,15-17,20-21H2,1-7H3,(H,40,44)/b10-8+,23-9+/t25-,26-,30+,31+,35+,37+,38+/m1/s1. The number of ether oxygens (including phenoxy) is 3. The summed E-state index contributed by atoms with van der Waals surface area (Å²) < 4.78 is 18.0. The summed E-state index contributed by atoms with van der Waals surface area (Å²) in [5.74, 6) is -1.56. The fraction of sp³-hybridized carbons (Fsp3) is 0.500. The molecule has 5 rings (SSSR count). The molecule has 258 valence electrons. The Labute approximate surface area is 288 Å². The maximum Gasteiger partial charge on any atom is 0.409 e. The fourth-order valence-electron chi connectivity index (χ4n) is 6.77. The number of halogens is 1. The molecule has 9 nitrogen and oxygen atoms in total. The Bertz CT molecular complexity index is 1620. The van der Waals surface area contributed by atoms with Crippen molar-refractivity contribution < 1.29 is 33.7 Å². The molecule has 2 N–H and O–H groups in total. The third-order valence-electron chi connectivity index (χ3n) is 10.1. The fourth-order valence-corrected chi connectivity index (χ4v) is 7.00. The largest absolute Gasteiger partial charge is 0.459 e. The monoisotopic (exact) mass is 678 g/mol. The molecule has 2 aromatic rings. The van der Waals surface area contributed by atoms with Crippen molar-refractivity contribution in [1.82, 2.24) is 5.32 Å². The Balaban J connectivity index is 1.48. The van der Waals surface area contributed by atoms with Crippen LogP contribution >= 0.6 is 11.6 Å². The second-order valence-corrected chi connectivity index (χ2v) is 14.4. The van der Waals surface area contributed by atoms with E-state index in [9.17, 15) is 19.5 Å². The van der Waals surface area contributed by atoms with E-state index in [0.29, 0.717) is 23.6 Å². The molecule has 0 aromatic heterocycles. The lowest BCUT2D eigenvalue weighted by molar-refractivity contribution is -0.153. The van der Waals surface area contributed by atoms with Gasteiger partial charge in [0.05, 0.1) is 23.2 Å². The van der Waals surface area contributed by atoms with Crippen molar-refractivity contribution in [2.24, 2.45) is 11.8 Å². The first kappa shape index (κ1) is 35.6. The maximum atomic E-state index is 14.0. The van der Waals surface area contributed by atoms with Crippen molar-refractivity contribution in [3.63, 3.8) is 0 Å². The van der Waals surface area contributed by atoms with Crippen LogP contribution in [0.4, 0.5) is 10.5 Å². The minimum atomic E-state index is -1.55. The molecule has 7 atom stereocenters. The van der Waals surface area contributed by atoms with Crippen LogP contribution in [0.25, 0.3) is 0 Å². The Morgan fingerprint density at radius 1 is 1.15 bits per heavy atom. The zero-order chi connectivity index (χ0) is 35.0. The summed E-state index contributed by atoms with van der Waals surface area (Å²) in [6.07, 6.45) is 4.05. The third kappa shape index (κ3) is 7.80. The smallest absolute Gasteiger partial charge is 0.409 e. The molecule has 0 spiro atoms. The van der Waals surface area contributed by atoms with E-state index in [1.807, 2.05) is 96.2 Å². The number of hydrogen-bond acceptors (Lipinski definition) is 7. The lowest BCUT2D eigenvalue weighted by atomic mass is 9.82. The second kappa shape index (κ2) is 14.1. The van der Waals surface area contributed by atoms with Crippen molar-refractivity contribution in [2.75, 3.05) is 11.9 Å². The summed E-state index contributed by atoms with van der Waals surface area (Å²) in [6.45, 7) is 11.5. The number of hydrogen-bond donors (Lipinski definition) is 2. The first-order chi connectivity index (χ1) is 22.6. The first-order valence-corrected chi connectivity index (χ1v) is 17.0. The molecule has 4 bridgehead atoms. The summed E-state index contributed by atoms with van der Waals surface area (Å²) in [5.41, 5.74) is 2.98. The molecule has 48 heavy (non-hydrogen) atoms. The normalized spacial score (nSPS) is 32.6. The van der Waals surface area contributed by atoms with E-state index in [1.165, 1.54) is 4.90 Å². The van der Waals surface area contributed by atoms with E-state index >= 15 is 0 Å². The molecule has 2 fully saturated rings. The number of allylic oxidation sites excluding steroid dienone is 3. The summed E-state index contributed by atoms with van der Waals surface area (Å²) in [5, 5.41) is 14.7. The van der Waals surface area contributed by atoms with Gasteiger partial charge >= 0.3 is 12.1 Å². The van der Waals surface area contributed by atoms with Gasteiger partial charge in [-0.3, -0.25) is 14.9 Å². The predicted molar refractivity (Wildman–Crippen MR) is 185 cm³/mol. The number of amides is 2. The number of nitrogens with zero attached hydrogens (tertiary/aromatic N) is 1. The van der Waals surface area contributed by atoms with Crippen molar-refractivity contribution in [2.45, 2.75) is 103 Å². The number of aliphatic hydroxyl groups is 1. The molecular formula is C38H47ClN2O7. The van der Waals surface area contributed by atoms with Gasteiger partial charge in [0, 0.05) is 31.7 Å². The predicted octanol–water partition coefficient (Wildman–Crippen LogP) is 6.53. The molecule has 3 aliphatic rings. The van der Waals surface area contributed by atoms with Gasteiger partial charge in [0.25, 0.3) is 0 Å². The van der Waals surface area contributed by atoms with E-state index in [-0.39, 0.29) is 31.1 Å². The number of carbonyl (C=O) groups excluding carboxylic acids is 3. The highest BCUT2D eigenvalue weighted by Crippen LogP contribution is 2.49. The number of aryl methyl sites for hydroxylation is 3. The number of anilines is 1. The molecule has 10 heteroatoms.